The molecule has 0 saturated carbocycles. The lowest BCUT2D eigenvalue weighted by molar-refractivity contribution is -0.141. The number of ether oxygens (including phenoxy) is 1. The molecule has 2 aromatic rings. The van der Waals surface area contributed by atoms with Crippen LogP contribution >= 0.6 is 0 Å². The first-order valence-corrected chi connectivity index (χ1v) is 15.3. The molecule has 0 aliphatic rings. The second-order valence-corrected chi connectivity index (χ2v) is 11.3. The van der Waals surface area contributed by atoms with E-state index in [1.165, 1.54) is 4.31 Å². The first-order valence-electron chi connectivity index (χ1n) is 13.4. The summed E-state index contributed by atoms with van der Waals surface area (Å²) in [7, 11) is -3.61. The molecule has 0 spiro atoms. The van der Waals surface area contributed by atoms with Crippen LogP contribution in [0.25, 0.3) is 0 Å². The fraction of sp³-hybridized carbons (Fsp3) is 0.517. The molecule has 2 rings (SSSR count). The third-order valence-electron chi connectivity index (χ3n) is 6.27. The predicted molar refractivity (Wildman–Crippen MR) is 153 cm³/mol. The minimum absolute atomic E-state index is 0.105. The van der Waals surface area contributed by atoms with Crippen LogP contribution in [-0.2, 0) is 26.2 Å². The highest BCUT2D eigenvalue weighted by Gasteiger charge is 2.29. The SMILES string of the molecule is CCCCNC(=O)[C@@H](CC)N(Cc1ccc(C)cc1)C(=O)CCCN(c1ccccc1OCC)S(C)(=O)=O. The van der Waals surface area contributed by atoms with Gasteiger partial charge in [-0.1, -0.05) is 62.2 Å². The van der Waals surface area contributed by atoms with Crippen LogP contribution in [0.5, 0.6) is 5.75 Å². The predicted octanol–water partition coefficient (Wildman–Crippen LogP) is 4.66. The number of para-hydroxylation sites is 2. The lowest BCUT2D eigenvalue weighted by atomic mass is 10.1. The number of carbonyl (C=O) groups excluding carboxylic acids is 2. The number of hydrogen-bond acceptors (Lipinski definition) is 5. The summed E-state index contributed by atoms with van der Waals surface area (Å²) in [5.41, 5.74) is 2.50. The second-order valence-electron chi connectivity index (χ2n) is 9.42. The molecule has 0 aliphatic heterocycles. The summed E-state index contributed by atoms with van der Waals surface area (Å²) in [6.45, 7) is 9.19. The highest BCUT2D eigenvalue weighted by molar-refractivity contribution is 7.92. The van der Waals surface area contributed by atoms with Gasteiger partial charge in [-0.3, -0.25) is 13.9 Å². The number of amides is 2. The lowest BCUT2D eigenvalue weighted by Crippen LogP contribution is -2.49. The third kappa shape index (κ3) is 9.35. The van der Waals surface area contributed by atoms with E-state index in [9.17, 15) is 18.0 Å². The molecule has 0 saturated heterocycles. The summed E-state index contributed by atoms with van der Waals surface area (Å²) in [5.74, 6) is 0.127. The number of unbranched alkanes of at least 4 members (excludes halogenated alkanes) is 1. The molecule has 0 radical (unpaired) electrons. The van der Waals surface area contributed by atoms with Gasteiger partial charge in [-0.15, -0.1) is 0 Å². The van der Waals surface area contributed by atoms with E-state index in [0.29, 0.717) is 44.0 Å². The number of carbonyl (C=O) groups is 2. The van der Waals surface area contributed by atoms with Crippen molar-refractivity contribution < 1.29 is 22.7 Å². The van der Waals surface area contributed by atoms with Gasteiger partial charge >= 0.3 is 0 Å². The van der Waals surface area contributed by atoms with E-state index in [1.807, 2.05) is 45.0 Å². The number of sulfonamides is 1. The maximum atomic E-state index is 13.5. The third-order valence-corrected chi connectivity index (χ3v) is 7.45. The van der Waals surface area contributed by atoms with Crippen LogP contribution in [0.15, 0.2) is 48.5 Å². The summed E-state index contributed by atoms with van der Waals surface area (Å²) in [6, 6.07) is 14.3. The van der Waals surface area contributed by atoms with Gasteiger partial charge in [0.05, 0.1) is 18.6 Å². The van der Waals surface area contributed by atoms with Crippen LogP contribution < -0.4 is 14.4 Å². The molecule has 9 heteroatoms. The van der Waals surface area contributed by atoms with Crippen LogP contribution in [0.3, 0.4) is 0 Å². The zero-order chi connectivity index (χ0) is 28.1. The Morgan fingerprint density at radius 3 is 2.29 bits per heavy atom. The monoisotopic (exact) mass is 545 g/mol. The molecule has 2 amide bonds. The highest BCUT2D eigenvalue weighted by Crippen LogP contribution is 2.30. The smallest absolute Gasteiger partial charge is 0.242 e. The Morgan fingerprint density at radius 2 is 1.68 bits per heavy atom. The zero-order valence-electron chi connectivity index (χ0n) is 23.4. The van der Waals surface area contributed by atoms with Gasteiger partial charge in [0.1, 0.15) is 11.8 Å². The molecule has 0 heterocycles. The fourth-order valence-electron chi connectivity index (χ4n) is 4.24. The molecule has 8 nitrogen and oxygen atoms in total. The van der Waals surface area contributed by atoms with Gasteiger partial charge in [-0.05, 0) is 50.8 Å². The van der Waals surface area contributed by atoms with Crippen LogP contribution in [0.2, 0.25) is 0 Å². The molecular formula is C29H43N3O5S. The number of benzene rings is 2. The fourth-order valence-corrected chi connectivity index (χ4v) is 5.21. The molecule has 1 N–H and O–H groups in total. The quantitative estimate of drug-likeness (QED) is 0.310. The average molecular weight is 546 g/mol. The molecule has 0 fully saturated rings. The number of aryl methyl sites for hydroxylation is 1. The van der Waals surface area contributed by atoms with E-state index in [4.69, 9.17) is 4.74 Å². The van der Waals surface area contributed by atoms with Gasteiger partial charge in [0, 0.05) is 26.1 Å². The van der Waals surface area contributed by atoms with E-state index in [1.54, 1.807) is 29.2 Å². The minimum atomic E-state index is -3.61. The lowest BCUT2D eigenvalue weighted by Gasteiger charge is -2.31. The van der Waals surface area contributed by atoms with Gasteiger partial charge in [-0.2, -0.15) is 0 Å². The van der Waals surface area contributed by atoms with Crippen molar-refractivity contribution in [3.8, 4) is 5.75 Å². The molecule has 38 heavy (non-hydrogen) atoms. The van der Waals surface area contributed by atoms with Gasteiger partial charge in [0.15, 0.2) is 0 Å². The summed E-state index contributed by atoms with van der Waals surface area (Å²) < 4.78 is 32.2. The molecular weight excluding hydrogens is 502 g/mol. The average Bonchev–Trinajstić information content (AvgIpc) is 2.88. The van der Waals surface area contributed by atoms with E-state index in [2.05, 4.69) is 12.2 Å². The number of nitrogens with zero attached hydrogens (tertiary/aromatic N) is 2. The van der Waals surface area contributed by atoms with Crippen molar-refractivity contribution in [2.75, 3.05) is 30.3 Å². The Hall–Kier alpha value is -3.07. The second kappa shape index (κ2) is 15.4. The number of anilines is 1. The largest absolute Gasteiger partial charge is 0.492 e. The van der Waals surface area contributed by atoms with Crippen LogP contribution in [0.4, 0.5) is 5.69 Å². The Labute approximate surface area is 228 Å². The molecule has 0 aromatic heterocycles. The Bertz CT molecular complexity index is 1140. The van der Waals surface area contributed by atoms with Gasteiger partial charge in [-0.25, -0.2) is 8.42 Å². The zero-order valence-corrected chi connectivity index (χ0v) is 24.2. The van der Waals surface area contributed by atoms with Crippen LogP contribution in [-0.4, -0.2) is 57.1 Å². The minimum Gasteiger partial charge on any atom is -0.492 e. The first-order chi connectivity index (χ1) is 18.1. The topological polar surface area (TPSA) is 96.0 Å². The van der Waals surface area contributed by atoms with E-state index in [-0.39, 0.29) is 24.8 Å². The molecule has 210 valence electrons. The molecule has 2 aromatic carbocycles. The van der Waals surface area contributed by atoms with E-state index >= 15 is 0 Å². The Morgan fingerprint density at radius 1 is 1.00 bits per heavy atom. The van der Waals surface area contributed by atoms with Crippen molar-refractivity contribution >= 4 is 27.5 Å². The van der Waals surface area contributed by atoms with Crippen molar-refractivity contribution in [3.63, 3.8) is 0 Å². The normalized spacial score (nSPS) is 12.0. The number of rotatable bonds is 16. The van der Waals surface area contributed by atoms with E-state index < -0.39 is 16.1 Å². The first kappa shape index (κ1) is 31.1. The van der Waals surface area contributed by atoms with Crippen molar-refractivity contribution in [2.45, 2.75) is 72.4 Å². The molecule has 0 bridgehead atoms. The number of nitrogens with one attached hydrogen (secondary N) is 1. The summed E-state index contributed by atoms with van der Waals surface area (Å²) in [5, 5.41) is 2.96. The van der Waals surface area contributed by atoms with Crippen LogP contribution in [0.1, 0.15) is 64.0 Å². The van der Waals surface area contributed by atoms with Crippen molar-refractivity contribution in [2.24, 2.45) is 0 Å². The van der Waals surface area contributed by atoms with Gasteiger partial charge in [0.25, 0.3) is 0 Å². The molecule has 0 aliphatic carbocycles. The summed E-state index contributed by atoms with van der Waals surface area (Å²) in [6.07, 6.45) is 3.87. The van der Waals surface area contributed by atoms with Gasteiger partial charge in [0.2, 0.25) is 21.8 Å². The van der Waals surface area contributed by atoms with Gasteiger partial charge < -0.3 is 15.0 Å². The molecule has 0 unspecified atom stereocenters. The Balaban J connectivity index is 2.22. The van der Waals surface area contributed by atoms with Crippen LogP contribution in [0, 0.1) is 6.92 Å². The van der Waals surface area contributed by atoms with Crippen molar-refractivity contribution in [3.05, 3.63) is 59.7 Å². The Kier molecular flexibility index (Phi) is 12.6. The summed E-state index contributed by atoms with van der Waals surface area (Å²) >= 11 is 0. The highest BCUT2D eigenvalue weighted by atomic mass is 32.2. The molecule has 1 atom stereocenters. The maximum absolute atomic E-state index is 13.5. The van der Waals surface area contributed by atoms with E-state index in [0.717, 1.165) is 30.2 Å². The standard InChI is InChI=1S/C29H43N3O5S/c1-6-9-20-30-29(34)25(7-2)31(22-24-18-16-23(4)17-19-24)28(33)15-12-21-32(38(5,35)36)26-13-10-11-14-27(26)37-8-3/h10-11,13-14,16-19,25H,6-9,12,15,20-22H2,1-5H3,(H,30,34)/t25-/m1/s1. The van der Waals surface area contributed by atoms with Crippen molar-refractivity contribution in [1.82, 2.24) is 10.2 Å². The summed E-state index contributed by atoms with van der Waals surface area (Å²) in [4.78, 5) is 28.2. The number of hydrogen-bond donors (Lipinski definition) is 1. The van der Waals surface area contributed by atoms with Crippen molar-refractivity contribution in [1.29, 1.82) is 0 Å². The maximum Gasteiger partial charge on any atom is 0.242 e.